The number of carbonyl (C=O) groups is 2. The van der Waals surface area contributed by atoms with Crippen LogP contribution in [0.2, 0.25) is 0 Å². The van der Waals surface area contributed by atoms with Crippen LogP contribution >= 0.6 is 0 Å². The number of hydrogen-bond donors (Lipinski definition) is 0. The van der Waals surface area contributed by atoms with E-state index < -0.39 is 0 Å². The molecule has 0 spiro atoms. The monoisotopic (exact) mass is 609 g/mol. The number of fused-ring (bicyclic) bond motifs is 5. The highest BCUT2D eigenvalue weighted by Crippen LogP contribution is 2.64. The molecule has 3 saturated carbocycles. The molecule has 0 amide bonds. The normalized spacial score (nSPS) is 31.4. The van der Waals surface area contributed by atoms with E-state index in [9.17, 15) is 9.59 Å². The van der Waals surface area contributed by atoms with Gasteiger partial charge in [0, 0.05) is 24.7 Å². The maximum Gasteiger partial charge on any atom is 0.306 e. The quantitative estimate of drug-likeness (QED) is 0.0784. The third kappa shape index (κ3) is 9.57. The van der Waals surface area contributed by atoms with Gasteiger partial charge >= 0.3 is 5.97 Å². The van der Waals surface area contributed by atoms with Gasteiger partial charge in [0.25, 0.3) is 0 Å². The van der Waals surface area contributed by atoms with Crippen molar-refractivity contribution in [2.24, 2.45) is 28.6 Å². The van der Waals surface area contributed by atoms with E-state index in [0.29, 0.717) is 30.0 Å². The van der Waals surface area contributed by atoms with E-state index in [-0.39, 0.29) is 22.9 Å². The van der Waals surface area contributed by atoms with Crippen molar-refractivity contribution >= 4 is 11.8 Å². The first-order chi connectivity index (χ1) is 21.4. The second-order valence-electron chi connectivity index (χ2n) is 15.8. The Balaban J connectivity index is 0.990. The lowest BCUT2D eigenvalue weighted by Crippen LogP contribution is -2.50. The van der Waals surface area contributed by atoms with Gasteiger partial charge in [-0.1, -0.05) is 122 Å². The molecule has 0 aromatic heterocycles. The van der Waals surface area contributed by atoms with Crippen LogP contribution in [0.5, 0.6) is 0 Å². The van der Waals surface area contributed by atoms with Crippen molar-refractivity contribution in [3.8, 4) is 0 Å². The van der Waals surface area contributed by atoms with Crippen LogP contribution in [0.3, 0.4) is 0 Å². The van der Waals surface area contributed by atoms with Gasteiger partial charge in [-0.15, -0.1) is 0 Å². The van der Waals surface area contributed by atoms with E-state index in [1.165, 1.54) is 103 Å². The maximum atomic E-state index is 12.7. The Morgan fingerprint density at radius 1 is 0.773 bits per heavy atom. The van der Waals surface area contributed by atoms with Gasteiger partial charge in [0.1, 0.15) is 11.9 Å². The Hall–Kier alpha value is -1.38. The smallest absolute Gasteiger partial charge is 0.306 e. The SMILES string of the molecule is CCCCCCCC/C=C\CCCCCCCCCCCC(=O)O[C@H]1CC[C@@]2(C)C(=CC[C@@H]3[C@@H]2CC[C@]2(C)C(=O)CC[C@@H]32)C1. The fourth-order valence-electron chi connectivity index (χ4n) is 9.79. The lowest BCUT2D eigenvalue weighted by molar-refractivity contribution is -0.151. The van der Waals surface area contributed by atoms with Crippen molar-refractivity contribution in [3.05, 3.63) is 23.8 Å². The van der Waals surface area contributed by atoms with Gasteiger partial charge < -0.3 is 4.74 Å². The van der Waals surface area contributed by atoms with Crippen LogP contribution in [0, 0.1) is 28.6 Å². The minimum Gasteiger partial charge on any atom is -0.462 e. The molecule has 0 aromatic rings. The molecular weight excluding hydrogens is 540 g/mol. The van der Waals surface area contributed by atoms with Crippen LogP contribution in [-0.2, 0) is 14.3 Å². The Bertz CT molecular complexity index is 947. The summed E-state index contributed by atoms with van der Waals surface area (Å²) in [5, 5.41) is 0. The molecule has 3 fully saturated rings. The van der Waals surface area contributed by atoms with Crippen molar-refractivity contribution in [2.75, 3.05) is 0 Å². The van der Waals surface area contributed by atoms with Crippen molar-refractivity contribution in [1.82, 2.24) is 0 Å². The minimum atomic E-state index is -0.0560. The number of Topliss-reactive ketones (excluding diaryl/α,β-unsaturated/α-hetero) is 1. The predicted octanol–water partition coefficient (Wildman–Crippen LogP) is 12.0. The first-order valence-electron chi connectivity index (χ1n) is 19.5. The number of esters is 1. The van der Waals surface area contributed by atoms with Gasteiger partial charge in [0.2, 0.25) is 0 Å². The van der Waals surface area contributed by atoms with E-state index in [1.807, 2.05) is 0 Å². The molecule has 44 heavy (non-hydrogen) atoms. The summed E-state index contributed by atoms with van der Waals surface area (Å²) in [7, 11) is 0. The maximum absolute atomic E-state index is 12.7. The average Bonchev–Trinajstić information content (AvgIpc) is 3.32. The average molecular weight is 609 g/mol. The summed E-state index contributed by atoms with van der Waals surface area (Å²) in [5.41, 5.74) is 1.73. The summed E-state index contributed by atoms with van der Waals surface area (Å²) < 4.78 is 6.03. The number of unbranched alkanes of at least 4 members (excludes halogenated alkanes) is 15. The molecule has 0 radical (unpaired) electrons. The molecule has 4 rings (SSSR count). The molecule has 6 atom stereocenters. The molecule has 3 heteroatoms. The van der Waals surface area contributed by atoms with Crippen LogP contribution in [0.25, 0.3) is 0 Å². The molecule has 0 saturated heterocycles. The Morgan fingerprint density at radius 3 is 2.00 bits per heavy atom. The molecular formula is C41H68O3. The lowest BCUT2D eigenvalue weighted by Gasteiger charge is -2.56. The summed E-state index contributed by atoms with van der Waals surface area (Å²) in [6, 6.07) is 0. The molecule has 0 unspecified atom stereocenters. The van der Waals surface area contributed by atoms with Gasteiger partial charge in [-0.2, -0.15) is 0 Å². The first-order valence-corrected chi connectivity index (χ1v) is 19.5. The van der Waals surface area contributed by atoms with E-state index in [1.54, 1.807) is 5.57 Å². The first kappa shape index (κ1) is 35.5. The second-order valence-corrected chi connectivity index (χ2v) is 15.8. The number of ether oxygens (including phenoxy) is 1. The predicted molar refractivity (Wildman–Crippen MR) is 185 cm³/mol. The highest BCUT2D eigenvalue weighted by atomic mass is 16.5. The van der Waals surface area contributed by atoms with Gasteiger partial charge in [0.05, 0.1) is 0 Å². The molecule has 4 aliphatic carbocycles. The van der Waals surface area contributed by atoms with Crippen molar-refractivity contribution < 1.29 is 14.3 Å². The number of allylic oxidation sites excluding steroid dienone is 3. The minimum absolute atomic E-state index is 0.0202. The fourth-order valence-corrected chi connectivity index (χ4v) is 9.79. The number of carbonyl (C=O) groups excluding carboxylic acids is 2. The molecule has 0 aliphatic heterocycles. The highest BCUT2D eigenvalue weighted by Gasteiger charge is 2.58. The van der Waals surface area contributed by atoms with Gasteiger partial charge in [-0.3, -0.25) is 9.59 Å². The van der Waals surface area contributed by atoms with E-state index in [4.69, 9.17) is 4.74 Å². The van der Waals surface area contributed by atoms with Crippen molar-refractivity contribution in [3.63, 3.8) is 0 Å². The van der Waals surface area contributed by atoms with Crippen molar-refractivity contribution in [2.45, 2.75) is 194 Å². The van der Waals surface area contributed by atoms with Gasteiger partial charge in [-0.05, 0) is 93.8 Å². The van der Waals surface area contributed by atoms with Gasteiger partial charge in [0.15, 0.2) is 0 Å². The zero-order valence-corrected chi connectivity index (χ0v) is 29.2. The zero-order valence-electron chi connectivity index (χ0n) is 29.2. The molecule has 3 nitrogen and oxygen atoms in total. The summed E-state index contributed by atoms with van der Waals surface area (Å²) in [6.45, 7) is 7.04. The standard InChI is InChI=1S/C41H68O3/c1-4-5-6-7-8-9-10-11-12-13-14-15-16-17-18-19-20-21-22-23-39(43)44-34-28-30-40(2)33(32-34)24-25-35-36-26-27-38(42)41(36,3)31-29-37(35)40/h11-12,24,34-37H,4-10,13-23,25-32H2,1-3H3/b12-11-/t34-,35-,36-,37-,40-,41-/m0/s1. The van der Waals surface area contributed by atoms with E-state index in [2.05, 4.69) is 39.0 Å². The van der Waals surface area contributed by atoms with E-state index in [0.717, 1.165) is 57.8 Å². The lowest BCUT2D eigenvalue weighted by atomic mass is 9.48. The molecule has 4 aliphatic rings. The molecule has 0 bridgehead atoms. The van der Waals surface area contributed by atoms with Crippen LogP contribution in [-0.4, -0.2) is 17.9 Å². The van der Waals surface area contributed by atoms with E-state index >= 15 is 0 Å². The molecule has 250 valence electrons. The highest BCUT2D eigenvalue weighted by molar-refractivity contribution is 5.87. The largest absolute Gasteiger partial charge is 0.462 e. The number of ketones is 1. The Morgan fingerprint density at radius 2 is 1.34 bits per heavy atom. The molecule has 0 heterocycles. The van der Waals surface area contributed by atoms with Crippen LogP contribution in [0.4, 0.5) is 0 Å². The summed E-state index contributed by atoms with van der Waals surface area (Å²) >= 11 is 0. The third-order valence-corrected chi connectivity index (χ3v) is 12.7. The third-order valence-electron chi connectivity index (χ3n) is 12.7. The Labute approximate surface area is 271 Å². The van der Waals surface area contributed by atoms with Crippen LogP contribution in [0.1, 0.15) is 188 Å². The number of hydrogen-bond acceptors (Lipinski definition) is 3. The van der Waals surface area contributed by atoms with Crippen LogP contribution in [0.15, 0.2) is 23.8 Å². The summed E-state index contributed by atoms with van der Waals surface area (Å²) in [4.78, 5) is 25.4. The summed E-state index contributed by atoms with van der Waals surface area (Å²) in [6.07, 6.45) is 38.7. The Kier molecular flexibility index (Phi) is 14.6. The van der Waals surface area contributed by atoms with Gasteiger partial charge in [-0.25, -0.2) is 0 Å². The fraction of sp³-hybridized carbons (Fsp3) is 0.854. The second kappa shape index (κ2) is 18.1. The zero-order chi connectivity index (χ0) is 31.3. The molecule has 0 N–H and O–H groups in total. The number of rotatable bonds is 20. The van der Waals surface area contributed by atoms with Crippen molar-refractivity contribution in [1.29, 1.82) is 0 Å². The topological polar surface area (TPSA) is 43.4 Å². The summed E-state index contributed by atoms with van der Waals surface area (Å²) in [5.74, 6) is 2.49. The van der Waals surface area contributed by atoms with Crippen LogP contribution < -0.4 is 0 Å². The molecule has 0 aromatic carbocycles.